The van der Waals surface area contributed by atoms with Gasteiger partial charge in [0.25, 0.3) is 5.91 Å². The normalized spacial score (nSPS) is 9.90. The summed E-state index contributed by atoms with van der Waals surface area (Å²) < 4.78 is 0. The molecular formula is C15H11NO5. The van der Waals surface area contributed by atoms with Crippen LogP contribution in [0.3, 0.4) is 0 Å². The molecule has 0 saturated heterocycles. The topological polar surface area (TPSA) is 104 Å². The van der Waals surface area contributed by atoms with Crippen LogP contribution < -0.4 is 5.32 Å². The summed E-state index contributed by atoms with van der Waals surface area (Å²) in [6.45, 7) is 0. The molecule has 6 nitrogen and oxygen atoms in total. The predicted molar refractivity (Wildman–Crippen MR) is 74.8 cm³/mol. The molecule has 0 aromatic heterocycles. The van der Waals surface area contributed by atoms with Gasteiger partial charge in [-0.1, -0.05) is 12.1 Å². The van der Waals surface area contributed by atoms with Crippen molar-refractivity contribution in [2.45, 2.75) is 0 Å². The van der Waals surface area contributed by atoms with Crippen LogP contribution in [-0.4, -0.2) is 28.1 Å². The molecule has 0 spiro atoms. The molecule has 0 saturated carbocycles. The molecule has 0 aliphatic carbocycles. The number of carboxylic acid groups (broad SMARTS) is 2. The van der Waals surface area contributed by atoms with Gasteiger partial charge in [0.1, 0.15) is 0 Å². The van der Waals surface area contributed by atoms with Crippen LogP contribution in [0.15, 0.2) is 48.5 Å². The van der Waals surface area contributed by atoms with Crippen molar-refractivity contribution in [1.29, 1.82) is 0 Å². The monoisotopic (exact) mass is 285 g/mol. The Bertz CT molecular complexity index is 706. The number of carboxylic acids is 2. The van der Waals surface area contributed by atoms with Crippen LogP contribution in [-0.2, 0) is 0 Å². The quantitative estimate of drug-likeness (QED) is 0.799. The van der Waals surface area contributed by atoms with Crippen LogP contribution in [0.4, 0.5) is 5.69 Å². The highest BCUT2D eigenvalue weighted by molar-refractivity contribution is 6.10. The lowest BCUT2D eigenvalue weighted by Crippen LogP contribution is -2.16. The van der Waals surface area contributed by atoms with Gasteiger partial charge in [-0.15, -0.1) is 0 Å². The maximum atomic E-state index is 12.1. The molecule has 21 heavy (non-hydrogen) atoms. The number of nitrogens with one attached hydrogen (secondary N) is 1. The van der Waals surface area contributed by atoms with E-state index in [-0.39, 0.29) is 16.7 Å². The van der Waals surface area contributed by atoms with Crippen molar-refractivity contribution in [3.63, 3.8) is 0 Å². The number of aromatic carboxylic acids is 2. The van der Waals surface area contributed by atoms with E-state index < -0.39 is 17.8 Å². The second-order valence-corrected chi connectivity index (χ2v) is 4.19. The van der Waals surface area contributed by atoms with Crippen LogP contribution in [0.25, 0.3) is 0 Å². The van der Waals surface area contributed by atoms with Gasteiger partial charge in [0.15, 0.2) is 0 Å². The third-order valence-corrected chi connectivity index (χ3v) is 2.79. The number of anilines is 1. The standard InChI is InChI=1S/C15H11NO5/c17-13(11-3-1-2-4-12(11)15(20)21)16-10-7-5-9(6-8-10)14(18)19/h1-8H,(H,16,17)(H,18,19)(H,20,21). The first-order chi connectivity index (χ1) is 9.99. The zero-order chi connectivity index (χ0) is 15.4. The maximum absolute atomic E-state index is 12.1. The Morgan fingerprint density at radius 1 is 0.762 bits per heavy atom. The number of hydrogen-bond acceptors (Lipinski definition) is 3. The van der Waals surface area contributed by atoms with Crippen molar-refractivity contribution in [2.24, 2.45) is 0 Å². The van der Waals surface area contributed by atoms with Gasteiger partial charge in [-0.3, -0.25) is 4.79 Å². The van der Waals surface area contributed by atoms with Gasteiger partial charge >= 0.3 is 11.9 Å². The number of benzene rings is 2. The molecular weight excluding hydrogens is 274 g/mol. The summed E-state index contributed by atoms with van der Waals surface area (Å²) in [5.74, 6) is -2.83. The van der Waals surface area contributed by atoms with Gasteiger partial charge in [-0.2, -0.15) is 0 Å². The lowest BCUT2D eigenvalue weighted by molar-refractivity contribution is 0.0684. The highest BCUT2D eigenvalue weighted by Crippen LogP contribution is 2.14. The van der Waals surface area contributed by atoms with Gasteiger partial charge in [0.2, 0.25) is 0 Å². The SMILES string of the molecule is O=C(O)c1ccc(NC(=O)c2ccccc2C(=O)O)cc1. The molecule has 6 heteroatoms. The van der Waals surface area contributed by atoms with E-state index in [0.29, 0.717) is 5.69 Å². The summed E-state index contributed by atoms with van der Waals surface area (Å²) in [5.41, 5.74) is 0.411. The molecule has 2 aromatic carbocycles. The minimum Gasteiger partial charge on any atom is -0.478 e. The van der Waals surface area contributed by atoms with Crippen LogP contribution in [0.2, 0.25) is 0 Å². The molecule has 0 fully saturated rings. The Kier molecular flexibility index (Phi) is 3.99. The molecule has 2 aromatic rings. The summed E-state index contributed by atoms with van der Waals surface area (Å²) >= 11 is 0. The Hall–Kier alpha value is -3.15. The van der Waals surface area contributed by atoms with E-state index >= 15 is 0 Å². The number of rotatable bonds is 4. The fraction of sp³-hybridized carbons (Fsp3) is 0. The first kappa shape index (κ1) is 14.3. The van der Waals surface area contributed by atoms with E-state index in [4.69, 9.17) is 10.2 Å². The summed E-state index contributed by atoms with van der Waals surface area (Å²) in [6.07, 6.45) is 0. The highest BCUT2D eigenvalue weighted by atomic mass is 16.4. The number of amides is 1. The maximum Gasteiger partial charge on any atom is 0.336 e. The lowest BCUT2D eigenvalue weighted by Gasteiger charge is -2.07. The third kappa shape index (κ3) is 3.24. The molecule has 1 amide bonds. The molecule has 3 N–H and O–H groups in total. The second kappa shape index (κ2) is 5.87. The van der Waals surface area contributed by atoms with Crippen LogP contribution >= 0.6 is 0 Å². The fourth-order valence-electron chi connectivity index (χ4n) is 1.76. The molecule has 0 aliphatic rings. The molecule has 106 valence electrons. The van der Waals surface area contributed by atoms with Crippen molar-refractivity contribution in [2.75, 3.05) is 5.32 Å². The molecule has 0 bridgehead atoms. The Balaban J connectivity index is 2.22. The van der Waals surface area contributed by atoms with E-state index in [1.807, 2.05) is 0 Å². The third-order valence-electron chi connectivity index (χ3n) is 2.79. The Morgan fingerprint density at radius 2 is 1.33 bits per heavy atom. The molecule has 0 heterocycles. The average Bonchev–Trinajstić information content (AvgIpc) is 2.47. The smallest absolute Gasteiger partial charge is 0.336 e. The van der Waals surface area contributed by atoms with Crippen molar-refractivity contribution in [3.8, 4) is 0 Å². The summed E-state index contributed by atoms with van der Waals surface area (Å²) in [4.78, 5) is 33.8. The molecule has 0 radical (unpaired) electrons. The number of carbonyl (C=O) groups is 3. The van der Waals surface area contributed by atoms with E-state index in [9.17, 15) is 14.4 Å². The van der Waals surface area contributed by atoms with Crippen LogP contribution in [0.5, 0.6) is 0 Å². The molecule has 0 unspecified atom stereocenters. The summed E-state index contributed by atoms with van der Waals surface area (Å²) in [7, 11) is 0. The summed E-state index contributed by atoms with van der Waals surface area (Å²) in [5, 5.41) is 20.3. The average molecular weight is 285 g/mol. The number of hydrogen-bond donors (Lipinski definition) is 3. The predicted octanol–water partition coefficient (Wildman–Crippen LogP) is 2.34. The minimum atomic E-state index is -1.19. The van der Waals surface area contributed by atoms with Gasteiger partial charge in [-0.25, -0.2) is 9.59 Å². The number of carbonyl (C=O) groups excluding carboxylic acids is 1. The first-order valence-electron chi connectivity index (χ1n) is 5.96. The van der Waals surface area contributed by atoms with Gasteiger partial charge < -0.3 is 15.5 Å². The van der Waals surface area contributed by atoms with Crippen LogP contribution in [0, 0.1) is 0 Å². The highest BCUT2D eigenvalue weighted by Gasteiger charge is 2.15. The first-order valence-corrected chi connectivity index (χ1v) is 5.96. The van der Waals surface area contributed by atoms with E-state index in [2.05, 4.69) is 5.32 Å². The fourth-order valence-corrected chi connectivity index (χ4v) is 1.76. The van der Waals surface area contributed by atoms with Crippen molar-refractivity contribution in [3.05, 3.63) is 65.2 Å². The summed E-state index contributed by atoms with van der Waals surface area (Å²) in [6, 6.07) is 11.4. The molecule has 0 aliphatic heterocycles. The second-order valence-electron chi connectivity index (χ2n) is 4.19. The zero-order valence-corrected chi connectivity index (χ0v) is 10.7. The Morgan fingerprint density at radius 3 is 1.86 bits per heavy atom. The van der Waals surface area contributed by atoms with E-state index in [1.54, 1.807) is 6.07 Å². The van der Waals surface area contributed by atoms with E-state index in [0.717, 1.165) is 0 Å². The van der Waals surface area contributed by atoms with Gasteiger partial charge in [0, 0.05) is 5.69 Å². The Labute approximate surface area is 119 Å². The van der Waals surface area contributed by atoms with Crippen LogP contribution in [0.1, 0.15) is 31.1 Å². The zero-order valence-electron chi connectivity index (χ0n) is 10.7. The largest absolute Gasteiger partial charge is 0.478 e. The van der Waals surface area contributed by atoms with Crippen molar-refractivity contribution in [1.82, 2.24) is 0 Å². The minimum absolute atomic E-state index is 0.0345. The van der Waals surface area contributed by atoms with Crippen molar-refractivity contribution < 1.29 is 24.6 Å². The van der Waals surface area contributed by atoms with E-state index in [1.165, 1.54) is 42.5 Å². The molecule has 0 atom stereocenters. The van der Waals surface area contributed by atoms with Crippen molar-refractivity contribution >= 4 is 23.5 Å². The van der Waals surface area contributed by atoms with Gasteiger partial charge in [-0.05, 0) is 36.4 Å². The molecule has 2 rings (SSSR count). The lowest BCUT2D eigenvalue weighted by atomic mass is 10.1. The van der Waals surface area contributed by atoms with Gasteiger partial charge in [0.05, 0.1) is 16.7 Å².